The van der Waals surface area contributed by atoms with Gasteiger partial charge in [0.2, 0.25) is 5.91 Å². The molecule has 2 aromatic heterocycles. The average Bonchev–Trinajstić information content (AvgIpc) is 3.18. The number of hydrogen-bond acceptors (Lipinski definition) is 5. The highest BCUT2D eigenvalue weighted by Gasteiger charge is 2.18. The van der Waals surface area contributed by atoms with Crippen LogP contribution in [0.1, 0.15) is 37.9 Å². The molecule has 1 aliphatic rings. The van der Waals surface area contributed by atoms with Crippen LogP contribution in [0.4, 0.5) is 0 Å². The van der Waals surface area contributed by atoms with Gasteiger partial charge < -0.3 is 14.3 Å². The van der Waals surface area contributed by atoms with Gasteiger partial charge in [0, 0.05) is 6.42 Å². The van der Waals surface area contributed by atoms with E-state index >= 15 is 0 Å². The molecule has 6 heteroatoms. The Morgan fingerprint density at radius 1 is 1.40 bits per heavy atom. The van der Waals surface area contributed by atoms with E-state index in [0.717, 1.165) is 12.8 Å². The SMILES string of the molecule is O=C(CC1CCCC1)NCc1noc(-c2ccco2)n1. The predicted molar refractivity (Wildman–Crippen MR) is 70.4 cm³/mol. The van der Waals surface area contributed by atoms with E-state index in [2.05, 4.69) is 15.5 Å². The topological polar surface area (TPSA) is 81.2 Å². The van der Waals surface area contributed by atoms with E-state index in [-0.39, 0.29) is 12.5 Å². The summed E-state index contributed by atoms with van der Waals surface area (Å²) in [6.07, 6.45) is 6.96. The summed E-state index contributed by atoms with van der Waals surface area (Å²) in [4.78, 5) is 16.0. The number of nitrogens with zero attached hydrogens (tertiary/aromatic N) is 2. The largest absolute Gasteiger partial charge is 0.459 e. The number of carbonyl (C=O) groups excluding carboxylic acids is 1. The Labute approximate surface area is 116 Å². The second kappa shape index (κ2) is 5.90. The standard InChI is InChI=1S/C14H17N3O3/c18-13(8-10-4-1-2-5-10)15-9-12-16-14(20-17-12)11-6-3-7-19-11/h3,6-7,10H,1-2,4-5,8-9H2,(H,15,18). The normalized spacial score (nSPS) is 15.6. The summed E-state index contributed by atoms with van der Waals surface area (Å²) in [6.45, 7) is 0.287. The maximum absolute atomic E-state index is 11.8. The quantitative estimate of drug-likeness (QED) is 0.906. The summed E-state index contributed by atoms with van der Waals surface area (Å²) in [5.41, 5.74) is 0. The average molecular weight is 275 g/mol. The van der Waals surface area contributed by atoms with Crippen molar-refractivity contribution in [3.63, 3.8) is 0 Å². The van der Waals surface area contributed by atoms with Crippen molar-refractivity contribution >= 4 is 5.91 Å². The molecule has 1 N–H and O–H groups in total. The van der Waals surface area contributed by atoms with Gasteiger partial charge >= 0.3 is 0 Å². The minimum atomic E-state index is 0.0567. The van der Waals surface area contributed by atoms with Gasteiger partial charge in [0.1, 0.15) is 0 Å². The highest BCUT2D eigenvalue weighted by molar-refractivity contribution is 5.76. The molecule has 1 aliphatic carbocycles. The van der Waals surface area contributed by atoms with Crippen molar-refractivity contribution in [2.45, 2.75) is 38.6 Å². The summed E-state index contributed by atoms with van der Waals surface area (Å²) in [6, 6.07) is 3.50. The predicted octanol–water partition coefficient (Wildman–Crippen LogP) is 2.53. The van der Waals surface area contributed by atoms with Gasteiger partial charge in [0.25, 0.3) is 5.89 Å². The summed E-state index contributed by atoms with van der Waals surface area (Å²) in [5.74, 6) is 1.91. The zero-order chi connectivity index (χ0) is 13.8. The summed E-state index contributed by atoms with van der Waals surface area (Å²) in [5, 5.41) is 6.65. The molecule has 0 saturated heterocycles. The number of hydrogen-bond donors (Lipinski definition) is 1. The third kappa shape index (κ3) is 3.07. The van der Waals surface area contributed by atoms with Gasteiger partial charge in [-0.05, 0) is 30.9 Å². The molecule has 1 fully saturated rings. The maximum Gasteiger partial charge on any atom is 0.293 e. The van der Waals surface area contributed by atoms with E-state index in [1.165, 1.54) is 12.8 Å². The van der Waals surface area contributed by atoms with E-state index in [1.54, 1.807) is 18.4 Å². The Morgan fingerprint density at radius 2 is 2.25 bits per heavy atom. The molecule has 6 nitrogen and oxygen atoms in total. The van der Waals surface area contributed by atoms with Crippen LogP contribution in [0.3, 0.4) is 0 Å². The molecule has 0 bridgehead atoms. The molecular weight excluding hydrogens is 258 g/mol. The Kier molecular flexibility index (Phi) is 3.80. The molecule has 2 aromatic rings. The highest BCUT2D eigenvalue weighted by atomic mass is 16.5. The van der Waals surface area contributed by atoms with Gasteiger partial charge in [-0.1, -0.05) is 18.0 Å². The smallest absolute Gasteiger partial charge is 0.293 e. The van der Waals surface area contributed by atoms with Crippen molar-refractivity contribution < 1.29 is 13.7 Å². The van der Waals surface area contributed by atoms with Gasteiger partial charge in [-0.2, -0.15) is 4.98 Å². The van der Waals surface area contributed by atoms with Crippen molar-refractivity contribution in [2.75, 3.05) is 0 Å². The van der Waals surface area contributed by atoms with Crippen LogP contribution in [-0.2, 0) is 11.3 Å². The second-order valence-electron chi connectivity index (χ2n) is 5.12. The first-order valence-corrected chi connectivity index (χ1v) is 6.94. The van der Waals surface area contributed by atoms with Crippen LogP contribution in [0.15, 0.2) is 27.3 Å². The fraction of sp³-hybridized carbons (Fsp3) is 0.500. The summed E-state index contributed by atoms with van der Waals surface area (Å²) >= 11 is 0. The molecule has 1 amide bonds. The molecule has 106 valence electrons. The van der Waals surface area contributed by atoms with Crippen LogP contribution in [0.5, 0.6) is 0 Å². The molecule has 0 aliphatic heterocycles. The summed E-state index contributed by atoms with van der Waals surface area (Å²) < 4.78 is 10.2. The van der Waals surface area contributed by atoms with Crippen molar-refractivity contribution in [2.24, 2.45) is 5.92 Å². The van der Waals surface area contributed by atoms with Crippen LogP contribution in [0, 0.1) is 5.92 Å². The van der Waals surface area contributed by atoms with E-state index < -0.39 is 0 Å². The van der Waals surface area contributed by atoms with E-state index in [4.69, 9.17) is 8.94 Å². The zero-order valence-electron chi connectivity index (χ0n) is 11.2. The van der Waals surface area contributed by atoms with Gasteiger partial charge in [-0.3, -0.25) is 4.79 Å². The van der Waals surface area contributed by atoms with Crippen LogP contribution >= 0.6 is 0 Å². The number of carbonyl (C=O) groups is 1. The van der Waals surface area contributed by atoms with Gasteiger partial charge in [0.15, 0.2) is 11.6 Å². The van der Waals surface area contributed by atoms with Crippen molar-refractivity contribution in [3.05, 3.63) is 24.2 Å². The maximum atomic E-state index is 11.8. The van der Waals surface area contributed by atoms with Crippen LogP contribution in [0.2, 0.25) is 0 Å². The van der Waals surface area contributed by atoms with Crippen LogP contribution in [-0.4, -0.2) is 16.0 Å². The van der Waals surface area contributed by atoms with Crippen molar-refractivity contribution in [1.82, 2.24) is 15.5 Å². The first-order chi connectivity index (χ1) is 9.81. The highest BCUT2D eigenvalue weighted by Crippen LogP contribution is 2.27. The van der Waals surface area contributed by atoms with Crippen molar-refractivity contribution in [3.8, 4) is 11.7 Å². The lowest BCUT2D eigenvalue weighted by molar-refractivity contribution is -0.122. The Morgan fingerprint density at radius 3 is 3.00 bits per heavy atom. The first kappa shape index (κ1) is 12.9. The molecule has 1 saturated carbocycles. The monoisotopic (exact) mass is 275 g/mol. The number of furan rings is 1. The number of amides is 1. The third-order valence-corrected chi connectivity index (χ3v) is 3.59. The number of nitrogens with one attached hydrogen (secondary N) is 1. The molecule has 0 radical (unpaired) electrons. The zero-order valence-corrected chi connectivity index (χ0v) is 11.2. The Balaban J connectivity index is 1.49. The van der Waals surface area contributed by atoms with E-state index in [9.17, 15) is 4.79 Å². The van der Waals surface area contributed by atoms with Crippen molar-refractivity contribution in [1.29, 1.82) is 0 Å². The molecule has 0 aromatic carbocycles. The fourth-order valence-electron chi connectivity index (χ4n) is 2.55. The minimum Gasteiger partial charge on any atom is -0.459 e. The summed E-state index contributed by atoms with van der Waals surface area (Å²) in [7, 11) is 0. The first-order valence-electron chi connectivity index (χ1n) is 6.94. The van der Waals surface area contributed by atoms with Crippen LogP contribution in [0.25, 0.3) is 11.7 Å². The molecule has 2 heterocycles. The van der Waals surface area contributed by atoms with Gasteiger partial charge in [0.05, 0.1) is 12.8 Å². The molecular formula is C14H17N3O3. The third-order valence-electron chi connectivity index (χ3n) is 3.59. The second-order valence-corrected chi connectivity index (χ2v) is 5.12. The Bertz CT molecular complexity index is 556. The minimum absolute atomic E-state index is 0.0567. The molecule has 0 unspecified atom stereocenters. The number of aromatic nitrogens is 2. The molecule has 0 atom stereocenters. The molecule has 0 spiro atoms. The lowest BCUT2D eigenvalue weighted by Crippen LogP contribution is -2.25. The molecule has 3 rings (SSSR count). The Hall–Kier alpha value is -2.11. The van der Waals surface area contributed by atoms with Gasteiger partial charge in [-0.15, -0.1) is 0 Å². The molecule has 20 heavy (non-hydrogen) atoms. The van der Waals surface area contributed by atoms with E-state index in [0.29, 0.717) is 29.8 Å². The fourth-order valence-corrected chi connectivity index (χ4v) is 2.55. The van der Waals surface area contributed by atoms with Gasteiger partial charge in [-0.25, -0.2) is 0 Å². The number of rotatable bonds is 5. The van der Waals surface area contributed by atoms with Crippen LogP contribution < -0.4 is 5.32 Å². The lowest BCUT2D eigenvalue weighted by atomic mass is 10.0. The lowest BCUT2D eigenvalue weighted by Gasteiger charge is -2.07. The van der Waals surface area contributed by atoms with E-state index in [1.807, 2.05) is 0 Å².